The fourth-order valence-corrected chi connectivity index (χ4v) is 2.85. The van der Waals surface area contributed by atoms with Crippen molar-refractivity contribution >= 4 is 0 Å². The van der Waals surface area contributed by atoms with E-state index in [9.17, 15) is 5.11 Å². The predicted molar refractivity (Wildman–Crippen MR) is 86.4 cm³/mol. The minimum atomic E-state index is -0.0927. The van der Waals surface area contributed by atoms with Crippen LogP contribution < -0.4 is 10.1 Å². The molecule has 0 amide bonds. The molecular weight excluding hydrogens is 262 g/mol. The highest BCUT2D eigenvalue weighted by Gasteiger charge is 2.32. The van der Waals surface area contributed by atoms with E-state index in [0.717, 1.165) is 31.1 Å². The lowest BCUT2D eigenvalue weighted by atomic mass is 9.77. The highest BCUT2D eigenvalue weighted by Crippen LogP contribution is 2.31. The maximum absolute atomic E-state index is 9.76. The molecule has 1 fully saturated rings. The van der Waals surface area contributed by atoms with E-state index in [4.69, 9.17) is 4.74 Å². The molecule has 1 aromatic rings. The lowest BCUT2D eigenvalue weighted by Crippen LogP contribution is -2.50. The fourth-order valence-electron chi connectivity index (χ4n) is 2.85. The van der Waals surface area contributed by atoms with Gasteiger partial charge in [0.25, 0.3) is 0 Å². The van der Waals surface area contributed by atoms with Gasteiger partial charge in [-0.25, -0.2) is 0 Å². The van der Waals surface area contributed by atoms with Gasteiger partial charge in [0.05, 0.1) is 6.61 Å². The van der Waals surface area contributed by atoms with Crippen molar-refractivity contribution in [1.29, 1.82) is 0 Å². The van der Waals surface area contributed by atoms with Gasteiger partial charge in [0.15, 0.2) is 0 Å². The van der Waals surface area contributed by atoms with Crippen LogP contribution in [0, 0.1) is 5.92 Å². The van der Waals surface area contributed by atoms with Gasteiger partial charge in [-0.15, -0.1) is 0 Å². The molecule has 0 unspecified atom stereocenters. The first kappa shape index (κ1) is 16.1. The molecule has 0 atom stereocenters. The van der Waals surface area contributed by atoms with Gasteiger partial charge in [-0.1, -0.05) is 31.7 Å². The third kappa shape index (κ3) is 4.58. The van der Waals surface area contributed by atoms with E-state index in [2.05, 4.69) is 31.0 Å². The van der Waals surface area contributed by atoms with E-state index in [1.807, 2.05) is 12.1 Å². The molecule has 3 nitrogen and oxygen atoms in total. The molecule has 0 aliphatic heterocycles. The van der Waals surface area contributed by atoms with Crippen LogP contribution in [0.3, 0.4) is 0 Å². The molecule has 1 aliphatic carbocycles. The first-order valence-electron chi connectivity index (χ1n) is 7.86. The Labute approximate surface area is 128 Å². The normalized spacial score (nSPS) is 25.5. The molecular formula is C18H27NO2. The highest BCUT2D eigenvalue weighted by molar-refractivity contribution is 5.27. The summed E-state index contributed by atoms with van der Waals surface area (Å²) in [4.78, 5) is 0. The highest BCUT2D eigenvalue weighted by atomic mass is 16.5. The monoisotopic (exact) mass is 289 g/mol. The Kier molecular flexibility index (Phi) is 5.83. The largest absolute Gasteiger partial charge is 0.490 e. The Morgan fingerprint density at radius 3 is 2.57 bits per heavy atom. The summed E-state index contributed by atoms with van der Waals surface area (Å²) in [7, 11) is 0. The minimum absolute atomic E-state index is 0.0927. The van der Waals surface area contributed by atoms with Crippen LogP contribution in [-0.4, -0.2) is 23.9 Å². The van der Waals surface area contributed by atoms with Crippen molar-refractivity contribution in [1.82, 2.24) is 5.32 Å². The van der Waals surface area contributed by atoms with Gasteiger partial charge in [0.1, 0.15) is 12.4 Å². The SMILES string of the molecule is C=CCOc1ccc(CNC2(CO)CCC(C)CC2)cc1. The maximum Gasteiger partial charge on any atom is 0.119 e. The van der Waals surface area contributed by atoms with Crippen LogP contribution in [0.2, 0.25) is 0 Å². The summed E-state index contributed by atoms with van der Waals surface area (Å²) in [5.74, 6) is 1.65. The molecule has 0 radical (unpaired) electrons. The van der Waals surface area contributed by atoms with Gasteiger partial charge in [-0.05, 0) is 49.3 Å². The van der Waals surface area contributed by atoms with Crippen molar-refractivity contribution in [3.63, 3.8) is 0 Å². The third-order valence-electron chi connectivity index (χ3n) is 4.49. The Morgan fingerprint density at radius 2 is 2.00 bits per heavy atom. The summed E-state index contributed by atoms with van der Waals surface area (Å²) < 4.78 is 5.48. The zero-order valence-electron chi connectivity index (χ0n) is 13.0. The smallest absolute Gasteiger partial charge is 0.119 e. The number of aliphatic hydroxyl groups excluding tert-OH is 1. The van der Waals surface area contributed by atoms with Crippen molar-refractivity contribution in [2.24, 2.45) is 5.92 Å². The lowest BCUT2D eigenvalue weighted by Gasteiger charge is -2.39. The van der Waals surface area contributed by atoms with Gasteiger partial charge in [0.2, 0.25) is 0 Å². The van der Waals surface area contributed by atoms with E-state index in [1.165, 1.54) is 18.4 Å². The minimum Gasteiger partial charge on any atom is -0.490 e. The second kappa shape index (κ2) is 7.62. The molecule has 0 saturated heterocycles. The Bertz CT molecular complexity index is 433. The number of aliphatic hydroxyl groups is 1. The van der Waals surface area contributed by atoms with Crippen LogP contribution in [0.5, 0.6) is 5.75 Å². The molecule has 3 heteroatoms. The van der Waals surface area contributed by atoms with E-state index < -0.39 is 0 Å². The number of rotatable bonds is 7. The molecule has 21 heavy (non-hydrogen) atoms. The molecule has 116 valence electrons. The molecule has 0 spiro atoms. The Balaban J connectivity index is 1.87. The number of hydrogen-bond donors (Lipinski definition) is 2. The molecule has 1 saturated carbocycles. The van der Waals surface area contributed by atoms with Crippen molar-refractivity contribution in [3.8, 4) is 5.75 Å². The van der Waals surface area contributed by atoms with Crippen LogP contribution in [0.25, 0.3) is 0 Å². The molecule has 0 bridgehead atoms. The maximum atomic E-state index is 9.76. The van der Waals surface area contributed by atoms with Crippen LogP contribution >= 0.6 is 0 Å². The van der Waals surface area contributed by atoms with E-state index >= 15 is 0 Å². The van der Waals surface area contributed by atoms with Gasteiger partial charge in [0, 0.05) is 12.1 Å². The number of nitrogens with one attached hydrogen (secondary N) is 1. The average molecular weight is 289 g/mol. The van der Waals surface area contributed by atoms with Crippen LogP contribution in [0.15, 0.2) is 36.9 Å². The zero-order valence-corrected chi connectivity index (χ0v) is 13.0. The van der Waals surface area contributed by atoms with Crippen molar-refractivity contribution in [2.45, 2.75) is 44.7 Å². The fraction of sp³-hybridized carbons (Fsp3) is 0.556. The molecule has 0 heterocycles. The number of benzene rings is 1. The molecule has 1 aliphatic rings. The van der Waals surface area contributed by atoms with Crippen molar-refractivity contribution in [2.75, 3.05) is 13.2 Å². The Hall–Kier alpha value is -1.32. The summed E-state index contributed by atoms with van der Waals surface area (Å²) in [5, 5.41) is 13.3. The zero-order chi connectivity index (χ0) is 15.1. The molecule has 2 rings (SSSR count). The van der Waals surface area contributed by atoms with Crippen LogP contribution in [0.4, 0.5) is 0 Å². The second-order valence-corrected chi connectivity index (χ2v) is 6.22. The van der Waals surface area contributed by atoms with Gasteiger partial charge < -0.3 is 15.2 Å². The summed E-state index contributed by atoms with van der Waals surface area (Å²) >= 11 is 0. The molecule has 0 aromatic heterocycles. The van der Waals surface area contributed by atoms with Crippen LogP contribution in [0.1, 0.15) is 38.2 Å². The first-order valence-corrected chi connectivity index (χ1v) is 7.86. The summed E-state index contributed by atoms with van der Waals surface area (Å²) in [6.45, 7) is 7.48. The number of hydrogen-bond acceptors (Lipinski definition) is 3. The predicted octanol–water partition coefficient (Wildman–Crippen LogP) is 3.28. The Morgan fingerprint density at radius 1 is 1.33 bits per heavy atom. The second-order valence-electron chi connectivity index (χ2n) is 6.22. The van der Waals surface area contributed by atoms with E-state index in [0.29, 0.717) is 6.61 Å². The van der Waals surface area contributed by atoms with Gasteiger partial charge in [-0.2, -0.15) is 0 Å². The van der Waals surface area contributed by atoms with Crippen LogP contribution in [-0.2, 0) is 6.54 Å². The lowest BCUT2D eigenvalue weighted by molar-refractivity contribution is 0.104. The summed E-state index contributed by atoms with van der Waals surface area (Å²) in [6, 6.07) is 8.11. The standard InChI is InChI=1S/C18H27NO2/c1-3-12-21-17-6-4-16(5-7-17)13-19-18(14-20)10-8-15(2)9-11-18/h3-7,15,19-20H,1,8-14H2,2H3. The molecule has 2 N–H and O–H groups in total. The summed E-state index contributed by atoms with van der Waals surface area (Å²) in [5.41, 5.74) is 1.12. The van der Waals surface area contributed by atoms with Gasteiger partial charge >= 0.3 is 0 Å². The number of ether oxygens (including phenoxy) is 1. The summed E-state index contributed by atoms with van der Waals surface area (Å²) in [6.07, 6.45) is 6.25. The third-order valence-corrected chi connectivity index (χ3v) is 4.49. The van der Waals surface area contributed by atoms with E-state index in [1.54, 1.807) is 6.08 Å². The first-order chi connectivity index (χ1) is 10.2. The van der Waals surface area contributed by atoms with E-state index in [-0.39, 0.29) is 12.1 Å². The van der Waals surface area contributed by atoms with Gasteiger partial charge in [-0.3, -0.25) is 0 Å². The average Bonchev–Trinajstić information content (AvgIpc) is 2.54. The quantitative estimate of drug-likeness (QED) is 0.757. The molecule has 1 aromatic carbocycles. The topological polar surface area (TPSA) is 41.5 Å². The van der Waals surface area contributed by atoms with Crippen molar-refractivity contribution in [3.05, 3.63) is 42.5 Å². The van der Waals surface area contributed by atoms with Crippen molar-refractivity contribution < 1.29 is 9.84 Å².